The summed E-state index contributed by atoms with van der Waals surface area (Å²) in [6.07, 6.45) is 6.58. The van der Waals surface area contributed by atoms with Gasteiger partial charge in [-0.2, -0.15) is 0 Å². The molecule has 3 fully saturated rings. The van der Waals surface area contributed by atoms with Crippen LogP contribution in [0.2, 0.25) is 0 Å². The van der Waals surface area contributed by atoms with Gasteiger partial charge in [-0.25, -0.2) is 9.78 Å². The predicted octanol–water partition coefficient (Wildman–Crippen LogP) is 3.25. The normalized spacial score (nSPS) is 26.8. The van der Waals surface area contributed by atoms with Gasteiger partial charge in [-0.3, -0.25) is 4.79 Å². The van der Waals surface area contributed by atoms with E-state index in [1.807, 2.05) is 39.2 Å². The highest BCUT2D eigenvalue weighted by atomic mass is 16.6. The number of nitrogens with zero attached hydrogens (tertiary/aromatic N) is 3. The highest BCUT2D eigenvalue weighted by Gasteiger charge is 2.61. The third kappa shape index (κ3) is 3.06. The summed E-state index contributed by atoms with van der Waals surface area (Å²) in [6.45, 7) is 8.91. The van der Waals surface area contributed by atoms with Gasteiger partial charge in [0.05, 0.1) is 17.3 Å². The Morgan fingerprint density at radius 2 is 1.93 bits per heavy atom. The number of amides is 2. The molecule has 5 rings (SSSR count). The number of rotatable bonds is 3. The second-order valence-electron chi connectivity index (χ2n) is 10.2. The number of hydrogen-bond donors (Lipinski definition) is 1. The molecule has 2 aromatic heterocycles. The van der Waals surface area contributed by atoms with E-state index in [4.69, 9.17) is 9.72 Å². The number of carbonyl (C=O) groups excluding carboxylic acids is 2. The summed E-state index contributed by atoms with van der Waals surface area (Å²) in [5, 5.41) is 3.36. The molecule has 3 heterocycles. The zero-order valence-electron chi connectivity index (χ0n) is 18.1. The van der Waals surface area contributed by atoms with Crippen molar-refractivity contribution in [3.05, 3.63) is 35.9 Å². The molecule has 30 heavy (non-hydrogen) atoms. The Balaban J connectivity index is 1.26. The number of imidazole rings is 1. The minimum absolute atomic E-state index is 0.00544. The molecule has 2 atom stereocenters. The van der Waals surface area contributed by atoms with Crippen molar-refractivity contribution in [1.82, 2.24) is 19.6 Å². The Bertz CT molecular complexity index is 1010. The molecule has 7 nitrogen and oxygen atoms in total. The lowest BCUT2D eigenvalue weighted by Crippen LogP contribution is -2.53. The first kappa shape index (κ1) is 19.4. The van der Waals surface area contributed by atoms with Crippen LogP contribution in [0, 0.1) is 24.7 Å². The van der Waals surface area contributed by atoms with E-state index in [1.54, 1.807) is 4.90 Å². The van der Waals surface area contributed by atoms with E-state index in [-0.39, 0.29) is 35.3 Å². The van der Waals surface area contributed by atoms with Gasteiger partial charge in [0.2, 0.25) is 5.91 Å². The van der Waals surface area contributed by atoms with Gasteiger partial charge < -0.3 is 19.4 Å². The van der Waals surface area contributed by atoms with Gasteiger partial charge in [-0.15, -0.1) is 0 Å². The van der Waals surface area contributed by atoms with Crippen LogP contribution in [0.25, 0.3) is 5.52 Å². The predicted molar refractivity (Wildman–Crippen MR) is 112 cm³/mol. The van der Waals surface area contributed by atoms with E-state index < -0.39 is 5.60 Å². The first-order chi connectivity index (χ1) is 14.2. The monoisotopic (exact) mass is 410 g/mol. The van der Waals surface area contributed by atoms with Crippen LogP contribution in [0.15, 0.2) is 24.5 Å². The van der Waals surface area contributed by atoms with Crippen molar-refractivity contribution in [3.8, 4) is 0 Å². The number of pyridine rings is 1. The number of carbonyl (C=O) groups is 2. The number of piperidine rings is 1. The van der Waals surface area contributed by atoms with Crippen LogP contribution < -0.4 is 5.32 Å². The zero-order chi connectivity index (χ0) is 21.3. The molecule has 0 bridgehead atoms. The number of aryl methyl sites for hydroxylation is 1. The van der Waals surface area contributed by atoms with Crippen LogP contribution in [0.3, 0.4) is 0 Å². The third-order valence-electron chi connectivity index (χ3n) is 6.93. The molecule has 2 amide bonds. The summed E-state index contributed by atoms with van der Waals surface area (Å²) in [5.41, 5.74) is 1.39. The van der Waals surface area contributed by atoms with Gasteiger partial charge in [0, 0.05) is 25.2 Å². The summed E-state index contributed by atoms with van der Waals surface area (Å²) in [4.78, 5) is 31.9. The molecule has 1 saturated heterocycles. The molecule has 0 aromatic carbocycles. The van der Waals surface area contributed by atoms with E-state index in [0.717, 1.165) is 30.6 Å². The first-order valence-corrected chi connectivity index (χ1v) is 10.9. The molecule has 3 aliphatic rings. The van der Waals surface area contributed by atoms with E-state index in [9.17, 15) is 9.59 Å². The van der Waals surface area contributed by atoms with Crippen molar-refractivity contribution in [2.75, 3.05) is 13.1 Å². The number of hydrogen-bond acceptors (Lipinski definition) is 4. The molecule has 0 spiro atoms. The van der Waals surface area contributed by atoms with Crippen LogP contribution in [0.5, 0.6) is 0 Å². The van der Waals surface area contributed by atoms with E-state index >= 15 is 0 Å². The van der Waals surface area contributed by atoms with E-state index in [2.05, 4.69) is 22.7 Å². The van der Waals surface area contributed by atoms with Crippen molar-refractivity contribution in [2.24, 2.45) is 17.8 Å². The second-order valence-corrected chi connectivity index (χ2v) is 10.2. The Morgan fingerprint density at radius 1 is 1.23 bits per heavy atom. The lowest BCUT2D eigenvalue weighted by atomic mass is 9.75. The van der Waals surface area contributed by atoms with Crippen molar-refractivity contribution in [1.29, 1.82) is 0 Å². The Labute approximate surface area is 176 Å². The molecular formula is C23H30N4O3. The quantitative estimate of drug-likeness (QED) is 0.843. The standard InChI is InChI=1S/C23H30N4O3/c1-14-7-5-10-27-17(14)11-24-20(27)23(8-6-9-23)25-19(28)18-15-12-26(13-16(15)18)21(29)30-22(2,3)4/h5,7,10-11,15-16,18H,6,8-9,12-13H2,1-4H3,(H,25,28). The summed E-state index contributed by atoms with van der Waals surface area (Å²) >= 11 is 0. The maximum atomic E-state index is 13.1. The molecule has 2 unspecified atom stereocenters. The van der Waals surface area contributed by atoms with Gasteiger partial charge in [0.25, 0.3) is 0 Å². The van der Waals surface area contributed by atoms with Crippen LogP contribution in [-0.2, 0) is 15.1 Å². The van der Waals surface area contributed by atoms with E-state index in [0.29, 0.717) is 13.1 Å². The van der Waals surface area contributed by atoms with Crippen molar-refractivity contribution >= 4 is 17.5 Å². The average molecular weight is 411 g/mol. The highest BCUT2D eigenvalue weighted by molar-refractivity contribution is 5.84. The Hall–Kier alpha value is -2.57. The SMILES string of the molecule is Cc1cccn2c(C3(NC(=O)C4C5CN(C(=O)OC(C)(C)C)CC54)CCC3)ncc12. The fourth-order valence-corrected chi connectivity index (χ4v) is 5.16. The van der Waals surface area contributed by atoms with Crippen LogP contribution in [-0.4, -0.2) is 45.0 Å². The van der Waals surface area contributed by atoms with Gasteiger partial charge in [-0.05, 0) is 70.4 Å². The van der Waals surface area contributed by atoms with Crippen LogP contribution >= 0.6 is 0 Å². The summed E-state index contributed by atoms with van der Waals surface area (Å²) in [5.74, 6) is 1.52. The summed E-state index contributed by atoms with van der Waals surface area (Å²) in [7, 11) is 0. The Kier molecular flexibility index (Phi) is 4.18. The zero-order valence-corrected chi connectivity index (χ0v) is 18.1. The Morgan fingerprint density at radius 3 is 2.53 bits per heavy atom. The summed E-state index contributed by atoms with van der Waals surface area (Å²) < 4.78 is 7.59. The molecule has 2 aliphatic carbocycles. The molecule has 7 heteroatoms. The maximum absolute atomic E-state index is 13.1. The molecular weight excluding hydrogens is 380 g/mol. The average Bonchev–Trinajstić information content (AvgIpc) is 2.98. The molecule has 160 valence electrons. The molecule has 1 N–H and O–H groups in total. The number of ether oxygens (including phenoxy) is 1. The van der Waals surface area contributed by atoms with Gasteiger partial charge in [0.15, 0.2) is 0 Å². The second kappa shape index (κ2) is 6.46. The smallest absolute Gasteiger partial charge is 0.410 e. The highest BCUT2D eigenvalue weighted by Crippen LogP contribution is 2.53. The van der Waals surface area contributed by atoms with Crippen molar-refractivity contribution in [3.63, 3.8) is 0 Å². The molecule has 0 radical (unpaired) electrons. The molecule has 1 aliphatic heterocycles. The number of likely N-dealkylation sites (tertiary alicyclic amines) is 1. The van der Waals surface area contributed by atoms with Gasteiger partial charge in [-0.1, -0.05) is 6.07 Å². The maximum Gasteiger partial charge on any atom is 0.410 e. The lowest BCUT2D eigenvalue weighted by molar-refractivity contribution is -0.126. The van der Waals surface area contributed by atoms with Crippen LogP contribution in [0.1, 0.15) is 51.4 Å². The summed E-state index contributed by atoms with van der Waals surface area (Å²) in [6, 6.07) is 4.10. The minimum atomic E-state index is -0.497. The third-order valence-corrected chi connectivity index (χ3v) is 6.93. The molecule has 2 saturated carbocycles. The van der Waals surface area contributed by atoms with Gasteiger partial charge >= 0.3 is 6.09 Å². The topological polar surface area (TPSA) is 75.9 Å². The van der Waals surface area contributed by atoms with Gasteiger partial charge in [0.1, 0.15) is 11.4 Å². The fourth-order valence-electron chi connectivity index (χ4n) is 5.16. The number of aromatic nitrogens is 2. The van der Waals surface area contributed by atoms with Crippen molar-refractivity contribution in [2.45, 2.75) is 58.1 Å². The number of fused-ring (bicyclic) bond motifs is 2. The first-order valence-electron chi connectivity index (χ1n) is 10.9. The fraction of sp³-hybridized carbons (Fsp3) is 0.609. The van der Waals surface area contributed by atoms with Crippen LogP contribution in [0.4, 0.5) is 4.79 Å². The lowest BCUT2D eigenvalue weighted by Gasteiger charge is -2.41. The van der Waals surface area contributed by atoms with E-state index in [1.165, 1.54) is 5.56 Å². The minimum Gasteiger partial charge on any atom is -0.444 e. The number of nitrogens with one attached hydrogen (secondary N) is 1. The largest absolute Gasteiger partial charge is 0.444 e. The molecule has 2 aromatic rings. The van der Waals surface area contributed by atoms with Crippen molar-refractivity contribution < 1.29 is 14.3 Å².